The summed E-state index contributed by atoms with van der Waals surface area (Å²) in [6.45, 7) is 13.2. The number of pyridine rings is 1. The number of hydrogen-bond acceptors (Lipinski definition) is 2. The molecule has 0 saturated carbocycles. The molecule has 1 aromatic rings. The van der Waals surface area contributed by atoms with Crippen molar-refractivity contribution in [3.8, 4) is 0 Å². The van der Waals surface area contributed by atoms with Crippen molar-refractivity contribution in [1.29, 1.82) is 0 Å². The zero-order valence-corrected chi connectivity index (χ0v) is 12.0. The molecule has 0 bridgehead atoms. The minimum atomic E-state index is 0.0414. The SMILES string of the molecule is C=CCN(c1ncc(Br)cc1C)C(C)(C)C. The first-order valence-corrected chi connectivity index (χ1v) is 6.16. The Bertz CT molecular complexity index is 380. The van der Waals surface area contributed by atoms with E-state index in [1.54, 1.807) is 0 Å². The van der Waals surface area contributed by atoms with Crippen LogP contribution in [-0.4, -0.2) is 17.1 Å². The Kier molecular flexibility index (Phi) is 4.14. The molecule has 0 spiro atoms. The molecule has 0 radical (unpaired) electrons. The number of aryl methyl sites for hydroxylation is 1. The van der Waals surface area contributed by atoms with Gasteiger partial charge in [-0.3, -0.25) is 0 Å². The summed E-state index contributed by atoms with van der Waals surface area (Å²) in [5.74, 6) is 1.02. The molecule has 3 heteroatoms. The largest absolute Gasteiger partial charge is 0.348 e. The highest BCUT2D eigenvalue weighted by Gasteiger charge is 2.22. The maximum atomic E-state index is 4.49. The fraction of sp³-hybridized carbons (Fsp3) is 0.462. The highest BCUT2D eigenvalue weighted by atomic mass is 79.9. The average molecular weight is 283 g/mol. The Hall–Kier alpha value is -0.830. The second kappa shape index (κ2) is 5.00. The number of anilines is 1. The highest BCUT2D eigenvalue weighted by molar-refractivity contribution is 9.10. The second-order valence-electron chi connectivity index (χ2n) is 4.86. The molecule has 0 aliphatic rings. The van der Waals surface area contributed by atoms with Crippen LogP contribution in [0.1, 0.15) is 26.3 Å². The fourth-order valence-electron chi connectivity index (χ4n) is 1.62. The zero-order chi connectivity index (χ0) is 12.3. The summed E-state index contributed by atoms with van der Waals surface area (Å²) in [6, 6.07) is 2.09. The van der Waals surface area contributed by atoms with E-state index in [0.717, 1.165) is 16.8 Å². The van der Waals surface area contributed by atoms with E-state index in [2.05, 4.69) is 66.2 Å². The van der Waals surface area contributed by atoms with Crippen LogP contribution < -0.4 is 4.90 Å². The van der Waals surface area contributed by atoms with E-state index >= 15 is 0 Å². The summed E-state index contributed by atoms with van der Waals surface area (Å²) in [4.78, 5) is 6.75. The van der Waals surface area contributed by atoms with E-state index in [1.165, 1.54) is 5.56 Å². The van der Waals surface area contributed by atoms with Gasteiger partial charge in [-0.15, -0.1) is 6.58 Å². The minimum Gasteiger partial charge on any atom is -0.348 e. The van der Waals surface area contributed by atoms with Gasteiger partial charge in [-0.25, -0.2) is 4.98 Å². The predicted molar refractivity (Wildman–Crippen MR) is 74.0 cm³/mol. The van der Waals surface area contributed by atoms with Crippen molar-refractivity contribution in [1.82, 2.24) is 4.98 Å². The van der Waals surface area contributed by atoms with Gasteiger partial charge in [0.2, 0.25) is 0 Å². The predicted octanol–water partition coefficient (Wildman–Crippen LogP) is 3.94. The number of rotatable bonds is 3. The number of halogens is 1. The number of hydrogen-bond donors (Lipinski definition) is 0. The van der Waals surface area contributed by atoms with Gasteiger partial charge >= 0.3 is 0 Å². The maximum absolute atomic E-state index is 4.49. The number of nitrogens with zero attached hydrogens (tertiary/aromatic N) is 2. The highest BCUT2D eigenvalue weighted by Crippen LogP contribution is 2.26. The molecule has 0 unspecified atom stereocenters. The van der Waals surface area contributed by atoms with Crippen LogP contribution in [0.3, 0.4) is 0 Å². The van der Waals surface area contributed by atoms with Gasteiger partial charge in [-0.2, -0.15) is 0 Å². The molecule has 88 valence electrons. The van der Waals surface area contributed by atoms with Crippen LogP contribution in [0, 0.1) is 6.92 Å². The molecule has 0 N–H and O–H groups in total. The normalized spacial score (nSPS) is 11.3. The molecule has 1 heterocycles. The molecule has 0 fully saturated rings. The Balaban J connectivity index is 3.16. The quantitative estimate of drug-likeness (QED) is 0.781. The molecule has 0 aromatic carbocycles. The Morgan fingerprint density at radius 3 is 2.56 bits per heavy atom. The Morgan fingerprint density at radius 1 is 1.50 bits per heavy atom. The van der Waals surface area contributed by atoms with Crippen LogP contribution >= 0.6 is 15.9 Å². The van der Waals surface area contributed by atoms with Gasteiger partial charge in [0, 0.05) is 22.8 Å². The summed E-state index contributed by atoms with van der Waals surface area (Å²) in [5, 5.41) is 0. The first kappa shape index (κ1) is 13.2. The van der Waals surface area contributed by atoms with Crippen LogP contribution in [0.5, 0.6) is 0 Å². The zero-order valence-electron chi connectivity index (χ0n) is 10.4. The number of aromatic nitrogens is 1. The summed E-state index contributed by atoms with van der Waals surface area (Å²) < 4.78 is 1.02. The molecule has 0 saturated heterocycles. The van der Waals surface area contributed by atoms with Crippen molar-refractivity contribution in [2.24, 2.45) is 0 Å². The van der Waals surface area contributed by atoms with Gasteiger partial charge in [0.15, 0.2) is 0 Å². The Morgan fingerprint density at radius 2 is 2.12 bits per heavy atom. The molecule has 0 aliphatic carbocycles. The summed E-state index contributed by atoms with van der Waals surface area (Å²) in [6.07, 6.45) is 3.75. The summed E-state index contributed by atoms with van der Waals surface area (Å²) in [5.41, 5.74) is 1.21. The molecular weight excluding hydrogens is 264 g/mol. The van der Waals surface area contributed by atoms with E-state index in [4.69, 9.17) is 0 Å². The Labute approximate surface area is 107 Å². The van der Waals surface area contributed by atoms with Gasteiger partial charge < -0.3 is 4.90 Å². The second-order valence-corrected chi connectivity index (χ2v) is 5.78. The van der Waals surface area contributed by atoms with Crippen LogP contribution in [0.2, 0.25) is 0 Å². The lowest BCUT2D eigenvalue weighted by molar-refractivity contribution is 0.516. The first-order valence-electron chi connectivity index (χ1n) is 5.37. The summed E-state index contributed by atoms with van der Waals surface area (Å²) >= 11 is 3.43. The molecule has 1 rings (SSSR count). The lowest BCUT2D eigenvalue weighted by Gasteiger charge is -2.36. The molecule has 0 aliphatic heterocycles. The standard InChI is InChI=1S/C13H19BrN2/c1-6-7-16(13(3,4)5)12-10(2)8-11(14)9-15-12/h6,8-9H,1,7H2,2-5H3. The van der Waals surface area contributed by atoms with E-state index in [1.807, 2.05) is 12.3 Å². The molecule has 0 atom stereocenters. The van der Waals surface area contributed by atoms with Crippen LogP contribution in [0.15, 0.2) is 29.4 Å². The minimum absolute atomic E-state index is 0.0414. The van der Waals surface area contributed by atoms with Crippen molar-refractivity contribution in [2.75, 3.05) is 11.4 Å². The van der Waals surface area contributed by atoms with E-state index < -0.39 is 0 Å². The van der Waals surface area contributed by atoms with E-state index in [0.29, 0.717) is 0 Å². The van der Waals surface area contributed by atoms with Crippen molar-refractivity contribution >= 4 is 21.7 Å². The summed E-state index contributed by atoms with van der Waals surface area (Å²) in [7, 11) is 0. The van der Waals surface area contributed by atoms with Crippen molar-refractivity contribution in [2.45, 2.75) is 33.2 Å². The van der Waals surface area contributed by atoms with Crippen molar-refractivity contribution in [3.63, 3.8) is 0 Å². The average Bonchev–Trinajstić information content (AvgIpc) is 2.13. The van der Waals surface area contributed by atoms with Crippen LogP contribution in [0.4, 0.5) is 5.82 Å². The van der Waals surface area contributed by atoms with Gasteiger partial charge in [-0.05, 0) is 55.3 Å². The fourth-order valence-corrected chi connectivity index (χ4v) is 2.07. The van der Waals surface area contributed by atoms with Crippen molar-refractivity contribution < 1.29 is 0 Å². The third kappa shape index (κ3) is 3.08. The molecule has 0 amide bonds. The van der Waals surface area contributed by atoms with Gasteiger partial charge in [-0.1, -0.05) is 6.08 Å². The molecule has 16 heavy (non-hydrogen) atoms. The lowest BCUT2D eigenvalue weighted by Crippen LogP contribution is -2.42. The van der Waals surface area contributed by atoms with Gasteiger partial charge in [0.05, 0.1) is 0 Å². The van der Waals surface area contributed by atoms with Crippen LogP contribution in [0.25, 0.3) is 0 Å². The first-order chi connectivity index (χ1) is 7.36. The molecular formula is C13H19BrN2. The smallest absolute Gasteiger partial charge is 0.132 e. The molecule has 1 aromatic heterocycles. The van der Waals surface area contributed by atoms with Crippen LogP contribution in [-0.2, 0) is 0 Å². The van der Waals surface area contributed by atoms with E-state index in [9.17, 15) is 0 Å². The topological polar surface area (TPSA) is 16.1 Å². The lowest BCUT2D eigenvalue weighted by atomic mass is 10.1. The van der Waals surface area contributed by atoms with Crippen molar-refractivity contribution in [3.05, 3.63) is 35.0 Å². The van der Waals surface area contributed by atoms with E-state index in [-0.39, 0.29) is 5.54 Å². The molecule has 2 nitrogen and oxygen atoms in total. The third-order valence-corrected chi connectivity index (χ3v) is 2.83. The van der Waals surface area contributed by atoms with Gasteiger partial charge in [0.1, 0.15) is 5.82 Å². The third-order valence-electron chi connectivity index (χ3n) is 2.39. The van der Waals surface area contributed by atoms with Gasteiger partial charge in [0.25, 0.3) is 0 Å². The monoisotopic (exact) mass is 282 g/mol. The maximum Gasteiger partial charge on any atom is 0.132 e.